The van der Waals surface area contributed by atoms with E-state index in [4.69, 9.17) is 5.79 Å². The van der Waals surface area contributed by atoms with Crippen LogP contribution in [0.25, 0.3) is 44.3 Å². The fourth-order valence-electron chi connectivity index (χ4n) is 5.45. The highest BCUT2D eigenvalue weighted by Crippen LogP contribution is 2.42. The van der Waals surface area contributed by atoms with Gasteiger partial charge in [-0.2, -0.15) is 5.26 Å². The van der Waals surface area contributed by atoms with Crippen LogP contribution in [-0.4, -0.2) is 0 Å². The first-order valence-electron chi connectivity index (χ1n) is 12.4. The van der Waals surface area contributed by atoms with Crippen molar-refractivity contribution in [2.24, 2.45) is 7.05 Å². The number of hydrogen-bond donors (Lipinski definition) is 0. The van der Waals surface area contributed by atoms with Gasteiger partial charge in [-0.1, -0.05) is 49.2 Å². The lowest BCUT2D eigenvalue weighted by molar-refractivity contribution is -0.660. The summed E-state index contributed by atoms with van der Waals surface area (Å²) < 4.78 is 17.6. The number of rotatable bonds is 3. The van der Waals surface area contributed by atoms with Crippen molar-refractivity contribution >= 4 is 21.9 Å². The van der Waals surface area contributed by atoms with Gasteiger partial charge in [0.15, 0.2) is 6.20 Å². The molecule has 34 heavy (non-hydrogen) atoms. The van der Waals surface area contributed by atoms with E-state index in [1.807, 2.05) is 37.5 Å². The van der Waals surface area contributed by atoms with Crippen molar-refractivity contribution in [3.8, 4) is 28.5 Å². The predicted octanol–water partition coefficient (Wildman–Crippen LogP) is 7.58. The Morgan fingerprint density at radius 1 is 0.912 bits per heavy atom. The summed E-state index contributed by atoms with van der Waals surface area (Å²) in [4.78, 5) is 0. The molecular formula is C31H27N2O+. The van der Waals surface area contributed by atoms with Crippen LogP contribution in [0.5, 0.6) is 0 Å². The number of benzene rings is 3. The van der Waals surface area contributed by atoms with E-state index in [2.05, 4.69) is 60.0 Å². The van der Waals surface area contributed by atoms with Gasteiger partial charge in [0.2, 0.25) is 5.69 Å². The average molecular weight is 445 g/mol. The third-order valence-electron chi connectivity index (χ3n) is 7.24. The van der Waals surface area contributed by atoms with Crippen LogP contribution in [-0.2, 0) is 7.05 Å². The quantitative estimate of drug-likeness (QED) is 0.269. The zero-order valence-electron chi connectivity index (χ0n) is 20.6. The molecule has 0 radical (unpaired) electrons. The Morgan fingerprint density at radius 2 is 1.62 bits per heavy atom. The molecule has 1 aliphatic carbocycles. The van der Waals surface area contributed by atoms with E-state index < -0.39 is 5.89 Å². The normalized spacial score (nSPS) is 15.5. The van der Waals surface area contributed by atoms with Gasteiger partial charge in [-0.05, 0) is 60.5 Å². The van der Waals surface area contributed by atoms with Gasteiger partial charge >= 0.3 is 0 Å². The van der Waals surface area contributed by atoms with Crippen LogP contribution in [0.15, 0.2) is 77.3 Å². The minimum absolute atomic E-state index is 0.487. The van der Waals surface area contributed by atoms with Crippen molar-refractivity contribution in [2.45, 2.75) is 38.5 Å². The van der Waals surface area contributed by atoms with E-state index in [-0.39, 0.29) is 0 Å². The smallest absolute Gasteiger partial charge is 0.216 e. The minimum atomic E-state index is -0.487. The Morgan fingerprint density at radius 3 is 2.32 bits per heavy atom. The number of nitriles is 1. The van der Waals surface area contributed by atoms with Crippen LogP contribution in [0.1, 0.15) is 49.6 Å². The molecule has 1 aliphatic rings. The van der Waals surface area contributed by atoms with Gasteiger partial charge in [0, 0.05) is 29.8 Å². The van der Waals surface area contributed by atoms with Crippen molar-refractivity contribution in [2.75, 3.05) is 0 Å². The Labute approximate surface area is 201 Å². The summed E-state index contributed by atoms with van der Waals surface area (Å²) in [7, 11) is 2.04. The van der Waals surface area contributed by atoms with Gasteiger partial charge in [-0.3, -0.25) is 0 Å². The van der Waals surface area contributed by atoms with E-state index in [1.54, 1.807) is 0 Å². The molecule has 0 atom stereocenters. The molecule has 1 saturated carbocycles. The molecule has 3 nitrogen and oxygen atoms in total. The highest BCUT2D eigenvalue weighted by atomic mass is 16.3. The maximum Gasteiger partial charge on any atom is 0.216 e. The summed E-state index contributed by atoms with van der Waals surface area (Å²) in [5.74, 6) is -0.487. The molecule has 0 unspecified atom stereocenters. The lowest BCUT2D eigenvalue weighted by Crippen LogP contribution is -2.30. The van der Waals surface area contributed by atoms with Gasteiger partial charge in [-0.25, -0.2) is 4.57 Å². The van der Waals surface area contributed by atoms with E-state index in [0.29, 0.717) is 5.56 Å². The molecule has 0 bridgehead atoms. The Bertz CT molecular complexity index is 1630. The minimum Gasteiger partial charge on any atom is -0.454 e. The van der Waals surface area contributed by atoms with E-state index in [9.17, 15) is 5.26 Å². The molecule has 6 rings (SSSR count). The first-order valence-corrected chi connectivity index (χ1v) is 11.9. The van der Waals surface area contributed by atoms with Crippen LogP contribution in [0.3, 0.4) is 0 Å². The molecule has 0 N–H and O–H groups in total. The van der Waals surface area contributed by atoms with Crippen LogP contribution >= 0.6 is 0 Å². The van der Waals surface area contributed by atoms with Gasteiger partial charge in [0.1, 0.15) is 18.2 Å². The summed E-state index contributed by atoms with van der Waals surface area (Å²) in [5.41, 5.74) is 8.28. The van der Waals surface area contributed by atoms with Gasteiger partial charge in [-0.15, -0.1) is 0 Å². The number of aromatic nitrogens is 1. The van der Waals surface area contributed by atoms with Crippen molar-refractivity contribution in [1.82, 2.24) is 0 Å². The second kappa shape index (κ2) is 8.15. The monoisotopic (exact) mass is 444 g/mol. The molecule has 3 aromatic carbocycles. The molecule has 0 saturated heterocycles. The van der Waals surface area contributed by atoms with Crippen LogP contribution in [0, 0.1) is 18.3 Å². The van der Waals surface area contributed by atoms with Crippen molar-refractivity contribution in [1.29, 1.82) is 5.26 Å². The standard InChI is InChI=1S/C31H27N2O/c1-20-10-16-25-26-17-15-24(19-32)29(23-13-11-22(12-14-23)21-7-3-4-8-21)31(26)34-30(25)28(20)27-9-5-6-18-33(27)2/h5-6,9-18,21H,3-4,7-8H2,1-2H3/q+1/i21D. The molecule has 0 aliphatic heterocycles. The number of pyridine rings is 1. The first kappa shape index (κ1) is 19.6. The summed E-state index contributed by atoms with van der Waals surface area (Å²) in [6.07, 6.45) is 6.09. The largest absolute Gasteiger partial charge is 0.454 e. The fourth-order valence-corrected chi connectivity index (χ4v) is 5.45. The number of aryl methyl sites for hydroxylation is 2. The molecule has 5 aromatic rings. The SMILES string of the molecule is [2H]C1(c2ccc(-c3c(C#N)ccc4c3oc3c(-c5cccc[n+]5C)c(C)ccc34)cc2)CCCC1. The summed E-state index contributed by atoms with van der Waals surface area (Å²) in [5, 5.41) is 12.0. The molecule has 166 valence electrons. The highest BCUT2D eigenvalue weighted by Gasteiger charge is 2.23. The average Bonchev–Trinajstić information content (AvgIpc) is 3.48. The number of furan rings is 1. The summed E-state index contributed by atoms with van der Waals surface area (Å²) in [6.45, 7) is 2.11. The Kier molecular flexibility index (Phi) is 4.69. The zero-order chi connectivity index (χ0) is 24.2. The van der Waals surface area contributed by atoms with Crippen molar-refractivity contribution in [3.63, 3.8) is 0 Å². The van der Waals surface area contributed by atoms with Gasteiger partial charge in [0.25, 0.3) is 0 Å². The first-order chi connectivity index (χ1) is 17.0. The van der Waals surface area contributed by atoms with Crippen LogP contribution in [0.2, 0.25) is 0 Å². The Balaban J connectivity index is 1.60. The topological polar surface area (TPSA) is 40.8 Å². The highest BCUT2D eigenvalue weighted by molar-refractivity contribution is 6.13. The van der Waals surface area contributed by atoms with Gasteiger partial charge < -0.3 is 4.42 Å². The maximum absolute atomic E-state index is 9.97. The Hall–Kier alpha value is -3.90. The lowest BCUT2D eigenvalue weighted by atomic mass is 9.92. The lowest BCUT2D eigenvalue weighted by Gasteiger charge is -2.11. The van der Waals surface area contributed by atoms with Crippen molar-refractivity contribution in [3.05, 3.63) is 89.6 Å². The second-order valence-electron chi connectivity index (χ2n) is 9.30. The van der Waals surface area contributed by atoms with E-state index in [1.165, 1.54) is 0 Å². The van der Waals surface area contributed by atoms with Crippen LogP contribution in [0.4, 0.5) is 0 Å². The van der Waals surface area contributed by atoms with E-state index in [0.717, 1.165) is 81.1 Å². The molecule has 0 spiro atoms. The molecule has 2 heterocycles. The second-order valence-corrected chi connectivity index (χ2v) is 9.30. The predicted molar refractivity (Wildman–Crippen MR) is 136 cm³/mol. The number of nitrogens with zero attached hydrogens (tertiary/aromatic N) is 2. The van der Waals surface area contributed by atoms with Crippen molar-refractivity contribution < 1.29 is 10.4 Å². The van der Waals surface area contributed by atoms with Gasteiger partial charge in [0.05, 0.1) is 17.2 Å². The molecule has 2 aromatic heterocycles. The van der Waals surface area contributed by atoms with Crippen LogP contribution < -0.4 is 4.57 Å². The maximum atomic E-state index is 9.97. The fraction of sp³-hybridized carbons (Fsp3) is 0.226. The summed E-state index contributed by atoms with van der Waals surface area (Å²) in [6, 6.07) is 24.9. The third-order valence-corrected chi connectivity index (χ3v) is 7.24. The van der Waals surface area contributed by atoms with E-state index >= 15 is 0 Å². The summed E-state index contributed by atoms with van der Waals surface area (Å²) >= 11 is 0. The zero-order valence-corrected chi connectivity index (χ0v) is 19.6. The third kappa shape index (κ3) is 3.22. The molecule has 3 heteroatoms. The number of fused-ring (bicyclic) bond motifs is 3. The molecular weight excluding hydrogens is 416 g/mol. The molecule has 1 fully saturated rings. The number of hydrogen-bond acceptors (Lipinski definition) is 2. The molecule has 0 amide bonds.